The van der Waals surface area contributed by atoms with Crippen LogP contribution in [0.1, 0.15) is 33.1 Å². The molecule has 0 radical (unpaired) electrons. The van der Waals surface area contributed by atoms with Gasteiger partial charge in [-0.15, -0.1) is 0 Å². The zero-order valence-electron chi connectivity index (χ0n) is 16.4. The predicted molar refractivity (Wildman–Crippen MR) is 103 cm³/mol. The van der Waals surface area contributed by atoms with Crippen molar-refractivity contribution in [3.05, 3.63) is 30.2 Å². The van der Waals surface area contributed by atoms with Crippen LogP contribution in [0.25, 0.3) is 11.1 Å². The van der Waals surface area contributed by atoms with Gasteiger partial charge in [0.25, 0.3) is 0 Å². The van der Waals surface area contributed by atoms with Crippen LogP contribution in [-0.4, -0.2) is 60.5 Å². The van der Waals surface area contributed by atoms with Gasteiger partial charge in [-0.25, -0.2) is 9.78 Å². The molecule has 7 heteroatoms. The average molecular weight is 375 g/mol. The Kier molecular flexibility index (Phi) is 6.34. The van der Waals surface area contributed by atoms with E-state index in [0.717, 1.165) is 49.5 Å². The van der Waals surface area contributed by atoms with Gasteiger partial charge in [-0.3, -0.25) is 4.90 Å². The molecule has 3 rings (SSSR count). The molecule has 1 unspecified atom stereocenters. The summed E-state index contributed by atoms with van der Waals surface area (Å²) in [6.45, 7) is 9.32. The topological polar surface area (TPSA) is 76.8 Å². The molecule has 1 aromatic carbocycles. The van der Waals surface area contributed by atoms with Gasteiger partial charge in [-0.1, -0.05) is 12.1 Å². The van der Waals surface area contributed by atoms with Crippen LogP contribution in [0, 0.1) is 0 Å². The van der Waals surface area contributed by atoms with E-state index in [4.69, 9.17) is 13.9 Å². The van der Waals surface area contributed by atoms with Gasteiger partial charge in [-0.2, -0.15) is 0 Å². The molecular weight excluding hydrogens is 346 g/mol. The van der Waals surface area contributed by atoms with Crippen molar-refractivity contribution >= 4 is 17.2 Å². The summed E-state index contributed by atoms with van der Waals surface area (Å²) >= 11 is 0. The van der Waals surface area contributed by atoms with Gasteiger partial charge in [0.1, 0.15) is 11.1 Å². The molecule has 1 atom stereocenters. The third-order valence-corrected chi connectivity index (χ3v) is 4.30. The largest absolute Gasteiger partial charge is 0.444 e. The molecule has 7 nitrogen and oxygen atoms in total. The van der Waals surface area contributed by atoms with Gasteiger partial charge < -0.3 is 19.2 Å². The first-order valence-corrected chi connectivity index (χ1v) is 9.54. The number of carbonyl (C=O) groups is 1. The smallest absolute Gasteiger partial charge is 0.407 e. The van der Waals surface area contributed by atoms with E-state index in [9.17, 15) is 4.79 Å². The minimum Gasteiger partial charge on any atom is -0.444 e. The van der Waals surface area contributed by atoms with Crippen molar-refractivity contribution in [2.45, 2.75) is 45.3 Å². The average Bonchev–Trinajstić information content (AvgIpc) is 3.02. The van der Waals surface area contributed by atoms with Gasteiger partial charge in [0.05, 0.1) is 12.7 Å². The summed E-state index contributed by atoms with van der Waals surface area (Å²) in [5.41, 5.74) is 1.26. The van der Waals surface area contributed by atoms with E-state index in [0.29, 0.717) is 13.2 Å². The number of alkyl carbamates (subject to hydrolysis) is 1. The van der Waals surface area contributed by atoms with E-state index in [1.54, 1.807) is 0 Å². The van der Waals surface area contributed by atoms with Crippen molar-refractivity contribution in [3.63, 3.8) is 0 Å². The van der Waals surface area contributed by atoms with Crippen molar-refractivity contribution in [3.8, 4) is 0 Å². The molecule has 1 fully saturated rings. The lowest BCUT2D eigenvalue weighted by Gasteiger charge is -2.33. The van der Waals surface area contributed by atoms with Crippen LogP contribution in [0.15, 0.2) is 28.7 Å². The number of oxazole rings is 1. The van der Waals surface area contributed by atoms with Crippen molar-refractivity contribution < 1.29 is 18.7 Å². The van der Waals surface area contributed by atoms with Crippen molar-refractivity contribution in [2.24, 2.45) is 0 Å². The summed E-state index contributed by atoms with van der Waals surface area (Å²) in [6.07, 6.45) is 1.36. The maximum Gasteiger partial charge on any atom is 0.407 e. The fourth-order valence-corrected chi connectivity index (χ4v) is 3.10. The van der Waals surface area contributed by atoms with Gasteiger partial charge in [0.2, 0.25) is 0 Å². The zero-order chi connectivity index (χ0) is 19.3. The van der Waals surface area contributed by atoms with E-state index >= 15 is 0 Å². The number of ether oxygens (including phenoxy) is 2. The molecule has 1 saturated heterocycles. The molecule has 1 aromatic heterocycles. The molecule has 0 saturated carbocycles. The highest BCUT2D eigenvalue weighted by molar-refractivity contribution is 5.72. The van der Waals surface area contributed by atoms with Gasteiger partial charge >= 0.3 is 6.09 Å². The Labute approximate surface area is 160 Å². The summed E-state index contributed by atoms with van der Waals surface area (Å²) in [6, 6.07) is 7.83. The Morgan fingerprint density at radius 1 is 1.37 bits per heavy atom. The van der Waals surface area contributed by atoms with Gasteiger partial charge in [-0.05, 0) is 45.9 Å². The van der Waals surface area contributed by atoms with E-state index in [1.165, 1.54) is 0 Å². The lowest BCUT2D eigenvalue weighted by Crippen LogP contribution is -2.48. The van der Waals surface area contributed by atoms with Crippen molar-refractivity contribution in [2.75, 3.05) is 32.8 Å². The second-order valence-electron chi connectivity index (χ2n) is 7.86. The van der Waals surface area contributed by atoms with Crippen LogP contribution in [0.2, 0.25) is 0 Å². The highest BCUT2D eigenvalue weighted by atomic mass is 16.6. The van der Waals surface area contributed by atoms with Crippen molar-refractivity contribution in [1.82, 2.24) is 15.2 Å². The Hall–Kier alpha value is -2.12. The Balaban J connectivity index is 1.38. The normalized spacial score (nSPS) is 18.6. The number of benzene rings is 1. The third-order valence-electron chi connectivity index (χ3n) is 4.30. The zero-order valence-corrected chi connectivity index (χ0v) is 16.4. The van der Waals surface area contributed by atoms with Gasteiger partial charge in [0.15, 0.2) is 11.5 Å². The monoisotopic (exact) mass is 375 g/mol. The lowest BCUT2D eigenvalue weighted by atomic mass is 10.2. The molecule has 2 heterocycles. The molecule has 27 heavy (non-hydrogen) atoms. The number of aryl methyl sites for hydroxylation is 1. The second-order valence-corrected chi connectivity index (χ2v) is 7.86. The number of fused-ring (bicyclic) bond motifs is 1. The first-order chi connectivity index (χ1) is 12.9. The van der Waals surface area contributed by atoms with E-state index in [2.05, 4.69) is 15.2 Å². The molecule has 1 aliphatic heterocycles. The van der Waals surface area contributed by atoms with E-state index in [1.807, 2.05) is 45.0 Å². The number of para-hydroxylation sites is 2. The van der Waals surface area contributed by atoms with Crippen molar-refractivity contribution in [1.29, 1.82) is 0 Å². The number of morpholine rings is 1. The summed E-state index contributed by atoms with van der Waals surface area (Å²) in [4.78, 5) is 18.6. The summed E-state index contributed by atoms with van der Waals surface area (Å²) < 4.78 is 16.8. The Bertz CT molecular complexity index is 720. The number of rotatable bonds is 6. The van der Waals surface area contributed by atoms with Crippen LogP contribution >= 0.6 is 0 Å². The molecule has 0 bridgehead atoms. The van der Waals surface area contributed by atoms with E-state index in [-0.39, 0.29) is 6.10 Å². The van der Waals surface area contributed by atoms with E-state index < -0.39 is 11.7 Å². The molecule has 0 aliphatic carbocycles. The summed E-state index contributed by atoms with van der Waals surface area (Å²) in [5, 5.41) is 2.79. The maximum absolute atomic E-state index is 11.8. The van der Waals surface area contributed by atoms with Gasteiger partial charge in [0, 0.05) is 26.1 Å². The number of nitrogens with zero attached hydrogens (tertiary/aromatic N) is 2. The van der Waals surface area contributed by atoms with Crippen LogP contribution in [-0.2, 0) is 15.9 Å². The quantitative estimate of drug-likeness (QED) is 0.836. The Morgan fingerprint density at radius 2 is 2.19 bits per heavy atom. The molecule has 1 aliphatic rings. The summed E-state index contributed by atoms with van der Waals surface area (Å²) in [5.74, 6) is 0.785. The minimum atomic E-state index is -0.492. The summed E-state index contributed by atoms with van der Waals surface area (Å²) in [7, 11) is 0. The maximum atomic E-state index is 11.8. The van der Waals surface area contributed by atoms with Crippen LogP contribution in [0.3, 0.4) is 0 Å². The minimum absolute atomic E-state index is 0.0180. The fourth-order valence-electron chi connectivity index (χ4n) is 3.10. The number of hydrogen-bond donors (Lipinski definition) is 1. The third kappa shape index (κ3) is 6.22. The highest BCUT2D eigenvalue weighted by Crippen LogP contribution is 2.16. The number of aromatic nitrogens is 1. The highest BCUT2D eigenvalue weighted by Gasteiger charge is 2.22. The van der Waals surface area contributed by atoms with Crippen LogP contribution < -0.4 is 5.32 Å². The predicted octanol–water partition coefficient (Wildman–Crippen LogP) is 2.99. The SMILES string of the molecule is CC(C)(C)OC(=O)NCC1CN(CCCc2nc3ccccc3o2)CCO1. The lowest BCUT2D eigenvalue weighted by molar-refractivity contribution is -0.0288. The molecule has 2 aromatic rings. The Morgan fingerprint density at radius 3 is 2.96 bits per heavy atom. The second kappa shape index (κ2) is 8.71. The number of carbonyl (C=O) groups excluding carboxylic acids is 1. The number of amides is 1. The van der Waals surface area contributed by atoms with Crippen LogP contribution in [0.4, 0.5) is 4.79 Å². The molecule has 1 amide bonds. The molecular formula is C20H29N3O4. The molecule has 148 valence electrons. The number of nitrogens with one attached hydrogen (secondary N) is 1. The fraction of sp³-hybridized carbons (Fsp3) is 0.600. The number of hydrogen-bond acceptors (Lipinski definition) is 6. The standard InChI is InChI=1S/C20H29N3O4/c1-20(2,3)27-19(24)21-13-15-14-23(11-12-25-15)10-6-9-18-22-16-7-4-5-8-17(16)26-18/h4-5,7-8,15H,6,9-14H2,1-3H3,(H,21,24). The first-order valence-electron chi connectivity index (χ1n) is 9.54. The first kappa shape index (κ1) is 19.6. The molecule has 0 spiro atoms. The van der Waals surface area contributed by atoms with Crippen LogP contribution in [0.5, 0.6) is 0 Å². The molecule has 1 N–H and O–H groups in total.